The van der Waals surface area contributed by atoms with Gasteiger partial charge in [0.15, 0.2) is 17.5 Å². The van der Waals surface area contributed by atoms with Gasteiger partial charge in [-0.05, 0) is 31.6 Å². The number of methoxy groups -OCH3 is 1. The molecule has 25 heavy (non-hydrogen) atoms. The van der Waals surface area contributed by atoms with Crippen LogP contribution in [0.5, 0.6) is 5.88 Å². The summed E-state index contributed by atoms with van der Waals surface area (Å²) in [5.41, 5.74) is 0. The Morgan fingerprint density at radius 3 is 2.84 bits per heavy atom. The van der Waals surface area contributed by atoms with Crippen molar-refractivity contribution in [2.24, 2.45) is 11.8 Å². The number of hydrogen-bond acceptors (Lipinski definition) is 7. The lowest BCUT2D eigenvalue weighted by Gasteiger charge is -2.19. The number of H-pyrrole nitrogens is 1. The second-order valence-corrected chi connectivity index (χ2v) is 6.70. The molecule has 2 aromatic rings. The van der Waals surface area contributed by atoms with E-state index < -0.39 is 0 Å². The van der Waals surface area contributed by atoms with Gasteiger partial charge in [-0.2, -0.15) is 5.10 Å². The first-order valence-corrected chi connectivity index (χ1v) is 8.89. The first kappa shape index (κ1) is 16.3. The van der Waals surface area contributed by atoms with Crippen molar-refractivity contribution in [3.8, 4) is 5.88 Å². The maximum absolute atomic E-state index is 5.67. The molecule has 3 heterocycles. The molecule has 1 aliphatic heterocycles. The van der Waals surface area contributed by atoms with E-state index in [1.807, 2.05) is 6.92 Å². The van der Waals surface area contributed by atoms with E-state index >= 15 is 0 Å². The van der Waals surface area contributed by atoms with E-state index in [-0.39, 0.29) is 0 Å². The smallest absolute Gasteiger partial charge is 0.257 e. The molecular weight excluding hydrogens is 320 g/mol. The largest absolute Gasteiger partial charge is 0.475 e. The Morgan fingerprint density at radius 2 is 2.08 bits per heavy atom. The molecule has 0 aromatic carbocycles. The molecule has 0 amide bonds. The highest BCUT2D eigenvalue weighted by Gasteiger charge is 2.45. The molecule has 0 bridgehead atoms. The number of rotatable bonds is 7. The predicted octanol–water partition coefficient (Wildman–Crippen LogP) is 1.77. The molecule has 134 valence electrons. The second-order valence-electron chi connectivity index (χ2n) is 6.70. The second kappa shape index (κ2) is 6.95. The Balaban J connectivity index is 1.58. The van der Waals surface area contributed by atoms with Crippen molar-refractivity contribution in [3.63, 3.8) is 0 Å². The van der Waals surface area contributed by atoms with E-state index in [4.69, 9.17) is 9.47 Å². The van der Waals surface area contributed by atoms with Crippen LogP contribution >= 0.6 is 0 Å². The summed E-state index contributed by atoms with van der Waals surface area (Å²) >= 11 is 0. The Labute approximate surface area is 147 Å². The zero-order valence-corrected chi connectivity index (χ0v) is 14.7. The summed E-state index contributed by atoms with van der Waals surface area (Å²) < 4.78 is 10.8. The van der Waals surface area contributed by atoms with Gasteiger partial charge >= 0.3 is 0 Å². The predicted molar refractivity (Wildman–Crippen MR) is 91.5 cm³/mol. The SMILES string of the molecule is CCOc1nccnc1N1C[C@H](c2n[nH]c(COC)n2)[C@@H](C2CC2)C1. The summed E-state index contributed by atoms with van der Waals surface area (Å²) in [7, 11) is 1.66. The summed E-state index contributed by atoms with van der Waals surface area (Å²) in [6, 6.07) is 0. The zero-order chi connectivity index (χ0) is 17.2. The van der Waals surface area contributed by atoms with Crippen LogP contribution in [-0.2, 0) is 11.3 Å². The maximum atomic E-state index is 5.67. The molecule has 1 N–H and O–H groups in total. The minimum absolute atomic E-state index is 0.297. The van der Waals surface area contributed by atoms with E-state index in [1.54, 1.807) is 19.5 Å². The monoisotopic (exact) mass is 344 g/mol. The highest BCUT2D eigenvalue weighted by molar-refractivity contribution is 5.49. The highest BCUT2D eigenvalue weighted by Crippen LogP contribution is 2.48. The molecule has 1 aliphatic carbocycles. The Kier molecular flexibility index (Phi) is 4.52. The van der Waals surface area contributed by atoms with Crippen LogP contribution in [0.2, 0.25) is 0 Å². The van der Waals surface area contributed by atoms with Crippen LogP contribution in [0.25, 0.3) is 0 Å². The van der Waals surface area contributed by atoms with Gasteiger partial charge in [-0.1, -0.05) is 0 Å². The minimum atomic E-state index is 0.297. The van der Waals surface area contributed by atoms with Crippen LogP contribution in [0.4, 0.5) is 5.82 Å². The van der Waals surface area contributed by atoms with Gasteiger partial charge in [0, 0.05) is 38.5 Å². The number of nitrogens with one attached hydrogen (secondary N) is 1. The average Bonchev–Trinajstić information content (AvgIpc) is 3.20. The van der Waals surface area contributed by atoms with E-state index in [2.05, 4.69) is 30.0 Å². The first-order valence-electron chi connectivity index (χ1n) is 8.89. The Morgan fingerprint density at radius 1 is 1.24 bits per heavy atom. The lowest BCUT2D eigenvalue weighted by molar-refractivity contribution is 0.178. The van der Waals surface area contributed by atoms with Gasteiger partial charge < -0.3 is 14.4 Å². The van der Waals surface area contributed by atoms with Gasteiger partial charge in [-0.15, -0.1) is 0 Å². The number of aromatic nitrogens is 5. The molecule has 2 atom stereocenters. The number of hydrogen-bond donors (Lipinski definition) is 1. The lowest BCUT2D eigenvalue weighted by atomic mass is 9.91. The van der Waals surface area contributed by atoms with Crippen molar-refractivity contribution in [3.05, 3.63) is 24.0 Å². The summed E-state index contributed by atoms with van der Waals surface area (Å²) in [6.45, 7) is 4.78. The first-order chi connectivity index (χ1) is 12.3. The lowest BCUT2D eigenvalue weighted by Crippen LogP contribution is -2.22. The van der Waals surface area contributed by atoms with Gasteiger partial charge in [0.05, 0.1) is 6.61 Å². The third kappa shape index (κ3) is 3.30. The zero-order valence-electron chi connectivity index (χ0n) is 14.7. The van der Waals surface area contributed by atoms with Gasteiger partial charge in [0.25, 0.3) is 5.88 Å². The molecule has 4 rings (SSSR count). The third-order valence-corrected chi connectivity index (χ3v) is 4.98. The maximum Gasteiger partial charge on any atom is 0.257 e. The van der Waals surface area contributed by atoms with Crippen molar-refractivity contribution in [1.82, 2.24) is 25.1 Å². The van der Waals surface area contributed by atoms with Gasteiger partial charge in [0.2, 0.25) is 0 Å². The van der Waals surface area contributed by atoms with Crippen molar-refractivity contribution >= 4 is 5.82 Å². The van der Waals surface area contributed by atoms with Gasteiger partial charge in [-0.25, -0.2) is 15.0 Å². The van der Waals surface area contributed by atoms with Crippen molar-refractivity contribution < 1.29 is 9.47 Å². The molecular formula is C17H24N6O2. The van der Waals surface area contributed by atoms with Crippen molar-refractivity contribution in [2.45, 2.75) is 32.3 Å². The molecule has 0 unspecified atom stereocenters. The molecule has 1 saturated carbocycles. The molecule has 8 heteroatoms. The minimum Gasteiger partial charge on any atom is -0.475 e. The summed E-state index contributed by atoms with van der Waals surface area (Å²) in [6.07, 6.45) is 5.99. The van der Waals surface area contributed by atoms with Gasteiger partial charge in [0.1, 0.15) is 6.61 Å². The Hall–Kier alpha value is -2.22. The van der Waals surface area contributed by atoms with E-state index in [0.29, 0.717) is 30.9 Å². The number of aromatic amines is 1. The topological polar surface area (TPSA) is 89.1 Å². The van der Waals surface area contributed by atoms with Crippen LogP contribution in [0, 0.1) is 11.8 Å². The number of anilines is 1. The normalized spacial score (nSPS) is 23.2. The van der Waals surface area contributed by atoms with Crippen LogP contribution in [0.3, 0.4) is 0 Å². The highest BCUT2D eigenvalue weighted by atomic mass is 16.5. The molecule has 1 saturated heterocycles. The summed E-state index contributed by atoms with van der Waals surface area (Å²) in [4.78, 5) is 15.8. The standard InChI is InChI=1S/C17H24N6O2/c1-3-25-17-16(18-6-7-19-17)23-8-12(11-4-5-11)13(9-23)15-20-14(10-24-2)21-22-15/h6-7,11-13H,3-5,8-10H2,1-2H3,(H,20,21,22)/t12-,13+/m1/s1. The molecule has 8 nitrogen and oxygen atoms in total. The van der Waals surface area contributed by atoms with Crippen LogP contribution < -0.4 is 9.64 Å². The van der Waals surface area contributed by atoms with Crippen LogP contribution in [0.1, 0.15) is 37.3 Å². The molecule has 0 radical (unpaired) electrons. The van der Waals surface area contributed by atoms with E-state index in [1.165, 1.54) is 12.8 Å². The van der Waals surface area contributed by atoms with Crippen LogP contribution in [-0.4, -0.2) is 52.0 Å². The van der Waals surface area contributed by atoms with E-state index in [0.717, 1.165) is 36.5 Å². The van der Waals surface area contributed by atoms with Gasteiger partial charge in [-0.3, -0.25) is 5.10 Å². The molecule has 2 aromatic heterocycles. The van der Waals surface area contributed by atoms with Crippen molar-refractivity contribution in [2.75, 3.05) is 31.7 Å². The van der Waals surface area contributed by atoms with Crippen LogP contribution in [0.15, 0.2) is 12.4 Å². The Bertz CT molecular complexity index is 717. The fourth-order valence-electron chi connectivity index (χ4n) is 3.73. The third-order valence-electron chi connectivity index (χ3n) is 4.98. The molecule has 0 spiro atoms. The fourth-order valence-corrected chi connectivity index (χ4v) is 3.73. The summed E-state index contributed by atoms with van der Waals surface area (Å²) in [5.74, 6) is 4.69. The quantitative estimate of drug-likeness (QED) is 0.819. The molecule has 2 aliphatic rings. The number of nitrogens with zero attached hydrogens (tertiary/aromatic N) is 5. The average molecular weight is 344 g/mol. The van der Waals surface area contributed by atoms with E-state index in [9.17, 15) is 0 Å². The van der Waals surface area contributed by atoms with Crippen molar-refractivity contribution in [1.29, 1.82) is 0 Å². The fraction of sp³-hybridized carbons (Fsp3) is 0.647. The number of ether oxygens (including phenoxy) is 2. The summed E-state index contributed by atoms with van der Waals surface area (Å²) in [5, 5.41) is 7.45. The molecule has 2 fully saturated rings.